The molecule has 84 valence electrons. The van der Waals surface area contributed by atoms with Gasteiger partial charge >= 0.3 is 0 Å². The Morgan fingerprint density at radius 3 is 2.93 bits per heavy atom. The van der Waals surface area contributed by atoms with Crippen LogP contribution in [0.15, 0.2) is 10.9 Å². The number of nitrogens with zero attached hydrogens (tertiary/aromatic N) is 2. The highest BCUT2D eigenvalue weighted by atomic mass is 35.5. The van der Waals surface area contributed by atoms with Crippen LogP contribution in [0.5, 0.6) is 0 Å². The SMILES string of the molecule is CCc1nc(Cl)cc(=O)n1CCCSC. The standard InChI is InChI=1S/C10H15ClN2OS/c1-3-9-12-8(11)7-10(14)13(9)5-4-6-15-2/h7H,3-6H2,1-2H3. The van der Waals surface area contributed by atoms with E-state index in [0.717, 1.165) is 31.0 Å². The minimum Gasteiger partial charge on any atom is -0.297 e. The average molecular weight is 247 g/mol. The van der Waals surface area contributed by atoms with Crippen LogP contribution in [0.2, 0.25) is 5.15 Å². The molecule has 0 bridgehead atoms. The molecular formula is C10H15ClN2OS. The molecule has 3 nitrogen and oxygen atoms in total. The summed E-state index contributed by atoms with van der Waals surface area (Å²) in [4.78, 5) is 15.8. The van der Waals surface area contributed by atoms with Crippen molar-refractivity contribution in [2.75, 3.05) is 12.0 Å². The predicted molar refractivity (Wildman–Crippen MR) is 65.9 cm³/mol. The smallest absolute Gasteiger partial charge is 0.254 e. The first-order chi connectivity index (χ1) is 7.19. The largest absolute Gasteiger partial charge is 0.297 e. The number of hydrogen-bond acceptors (Lipinski definition) is 3. The molecule has 0 aromatic carbocycles. The first-order valence-corrected chi connectivity index (χ1v) is 6.71. The molecule has 0 saturated carbocycles. The van der Waals surface area contributed by atoms with Crippen molar-refractivity contribution < 1.29 is 0 Å². The first-order valence-electron chi connectivity index (χ1n) is 4.94. The van der Waals surface area contributed by atoms with E-state index in [4.69, 9.17) is 11.6 Å². The van der Waals surface area contributed by atoms with Crippen molar-refractivity contribution in [2.24, 2.45) is 0 Å². The summed E-state index contributed by atoms with van der Waals surface area (Å²) in [6.07, 6.45) is 3.77. The first kappa shape index (κ1) is 12.6. The predicted octanol–water partition coefficient (Wildman–Crippen LogP) is 2.21. The number of halogens is 1. The minimum absolute atomic E-state index is 0.0482. The van der Waals surface area contributed by atoms with E-state index in [1.807, 2.05) is 6.92 Å². The van der Waals surface area contributed by atoms with Gasteiger partial charge in [-0.1, -0.05) is 18.5 Å². The summed E-state index contributed by atoms with van der Waals surface area (Å²) in [7, 11) is 0. The molecule has 15 heavy (non-hydrogen) atoms. The fraction of sp³-hybridized carbons (Fsp3) is 0.600. The zero-order valence-corrected chi connectivity index (χ0v) is 10.6. The number of aryl methyl sites for hydroxylation is 1. The van der Waals surface area contributed by atoms with Gasteiger partial charge in [0, 0.05) is 19.0 Å². The van der Waals surface area contributed by atoms with Crippen LogP contribution in [0.4, 0.5) is 0 Å². The molecule has 0 aliphatic carbocycles. The van der Waals surface area contributed by atoms with Crippen molar-refractivity contribution in [2.45, 2.75) is 26.3 Å². The van der Waals surface area contributed by atoms with Crippen LogP contribution in [-0.2, 0) is 13.0 Å². The van der Waals surface area contributed by atoms with Gasteiger partial charge in [0.1, 0.15) is 11.0 Å². The van der Waals surface area contributed by atoms with Gasteiger partial charge in [0.2, 0.25) is 0 Å². The van der Waals surface area contributed by atoms with Gasteiger partial charge in [0.25, 0.3) is 5.56 Å². The maximum atomic E-state index is 11.6. The molecule has 1 aromatic heterocycles. The Hall–Kier alpha value is -0.480. The summed E-state index contributed by atoms with van der Waals surface area (Å²) in [5.74, 6) is 1.83. The second-order valence-electron chi connectivity index (χ2n) is 3.18. The molecule has 0 atom stereocenters. The lowest BCUT2D eigenvalue weighted by atomic mass is 10.4. The normalized spacial score (nSPS) is 10.6. The quantitative estimate of drug-likeness (QED) is 0.590. The molecule has 1 rings (SSSR count). The third-order valence-electron chi connectivity index (χ3n) is 2.10. The molecule has 0 radical (unpaired) electrons. The van der Waals surface area contributed by atoms with Crippen LogP contribution in [-0.4, -0.2) is 21.6 Å². The van der Waals surface area contributed by atoms with Crippen molar-refractivity contribution in [1.29, 1.82) is 0 Å². The summed E-state index contributed by atoms with van der Waals surface area (Å²) >= 11 is 7.52. The molecule has 0 unspecified atom stereocenters. The molecule has 0 spiro atoms. The van der Waals surface area contributed by atoms with Gasteiger partial charge in [0.05, 0.1) is 0 Å². The van der Waals surface area contributed by atoms with Crippen LogP contribution in [0.3, 0.4) is 0 Å². The Balaban J connectivity index is 2.89. The highest BCUT2D eigenvalue weighted by Gasteiger charge is 2.05. The molecular weight excluding hydrogens is 232 g/mol. The summed E-state index contributed by atoms with van der Waals surface area (Å²) in [6, 6.07) is 1.37. The summed E-state index contributed by atoms with van der Waals surface area (Å²) in [5, 5.41) is 0.290. The van der Waals surface area contributed by atoms with E-state index in [1.54, 1.807) is 16.3 Å². The number of thioether (sulfide) groups is 1. The Labute approximate surface area is 98.9 Å². The number of hydrogen-bond donors (Lipinski definition) is 0. The molecule has 5 heteroatoms. The van der Waals surface area contributed by atoms with Gasteiger partial charge < -0.3 is 0 Å². The summed E-state index contributed by atoms with van der Waals surface area (Å²) < 4.78 is 1.71. The van der Waals surface area contributed by atoms with E-state index in [2.05, 4.69) is 11.2 Å². The molecule has 0 aliphatic heterocycles. The van der Waals surface area contributed by atoms with Crippen LogP contribution in [0.25, 0.3) is 0 Å². The summed E-state index contributed by atoms with van der Waals surface area (Å²) in [5.41, 5.74) is -0.0482. The van der Waals surface area contributed by atoms with Crippen molar-refractivity contribution in [3.05, 3.63) is 27.4 Å². The highest BCUT2D eigenvalue weighted by molar-refractivity contribution is 7.98. The number of aromatic nitrogens is 2. The zero-order valence-electron chi connectivity index (χ0n) is 8.99. The van der Waals surface area contributed by atoms with E-state index >= 15 is 0 Å². The van der Waals surface area contributed by atoms with Crippen molar-refractivity contribution in [3.63, 3.8) is 0 Å². The van der Waals surface area contributed by atoms with Crippen LogP contribution in [0.1, 0.15) is 19.2 Å². The van der Waals surface area contributed by atoms with Gasteiger partial charge in [-0.15, -0.1) is 0 Å². The van der Waals surface area contributed by atoms with Crippen molar-refractivity contribution >= 4 is 23.4 Å². The van der Waals surface area contributed by atoms with E-state index in [-0.39, 0.29) is 10.7 Å². The third kappa shape index (κ3) is 3.54. The molecule has 0 fully saturated rings. The van der Waals surface area contributed by atoms with Gasteiger partial charge in [-0.2, -0.15) is 11.8 Å². The lowest BCUT2D eigenvalue weighted by Gasteiger charge is -2.09. The van der Waals surface area contributed by atoms with Gasteiger partial charge in [-0.05, 0) is 18.4 Å². The van der Waals surface area contributed by atoms with Crippen LogP contribution in [0, 0.1) is 0 Å². The minimum atomic E-state index is -0.0482. The van der Waals surface area contributed by atoms with Gasteiger partial charge in [0.15, 0.2) is 0 Å². The molecule has 1 aromatic rings. The molecule has 0 N–H and O–H groups in total. The fourth-order valence-electron chi connectivity index (χ4n) is 1.40. The Morgan fingerprint density at radius 2 is 2.33 bits per heavy atom. The Kier molecular flexibility index (Phi) is 5.19. The topological polar surface area (TPSA) is 34.9 Å². The lowest BCUT2D eigenvalue weighted by molar-refractivity contribution is 0.605. The lowest BCUT2D eigenvalue weighted by Crippen LogP contribution is -2.24. The second kappa shape index (κ2) is 6.18. The third-order valence-corrected chi connectivity index (χ3v) is 2.99. The number of rotatable bonds is 5. The second-order valence-corrected chi connectivity index (χ2v) is 4.56. The average Bonchev–Trinajstić information content (AvgIpc) is 2.20. The van der Waals surface area contributed by atoms with Gasteiger partial charge in [-0.3, -0.25) is 9.36 Å². The maximum absolute atomic E-state index is 11.6. The molecule has 1 heterocycles. The van der Waals surface area contributed by atoms with E-state index < -0.39 is 0 Å². The van der Waals surface area contributed by atoms with Gasteiger partial charge in [-0.25, -0.2) is 4.98 Å². The Bertz CT molecular complexity index is 378. The van der Waals surface area contributed by atoms with Crippen molar-refractivity contribution in [1.82, 2.24) is 9.55 Å². The van der Waals surface area contributed by atoms with Crippen molar-refractivity contribution in [3.8, 4) is 0 Å². The molecule has 0 amide bonds. The Morgan fingerprint density at radius 1 is 1.60 bits per heavy atom. The van der Waals surface area contributed by atoms with E-state index in [0.29, 0.717) is 0 Å². The van der Waals surface area contributed by atoms with E-state index in [1.165, 1.54) is 6.07 Å². The monoisotopic (exact) mass is 246 g/mol. The fourth-order valence-corrected chi connectivity index (χ4v) is 2.01. The van der Waals surface area contributed by atoms with Crippen LogP contribution < -0.4 is 5.56 Å². The summed E-state index contributed by atoms with van der Waals surface area (Å²) in [6.45, 7) is 2.70. The zero-order chi connectivity index (χ0) is 11.3. The van der Waals surface area contributed by atoms with Crippen LogP contribution >= 0.6 is 23.4 Å². The molecule has 0 aliphatic rings. The maximum Gasteiger partial charge on any atom is 0.254 e. The highest BCUT2D eigenvalue weighted by Crippen LogP contribution is 2.05. The molecule has 0 saturated heterocycles. The van der Waals surface area contributed by atoms with E-state index in [9.17, 15) is 4.79 Å².